The maximum atomic E-state index is 13.1. The lowest BCUT2D eigenvalue weighted by atomic mass is 10.2. The van der Waals surface area contributed by atoms with Crippen molar-refractivity contribution in [2.24, 2.45) is 0 Å². The molecule has 1 N–H and O–H groups in total. The fraction of sp³-hybridized carbons (Fsp3) is 0.0500. The van der Waals surface area contributed by atoms with Crippen LogP contribution >= 0.6 is 22.7 Å². The fourth-order valence-electron chi connectivity index (χ4n) is 3.19. The summed E-state index contributed by atoms with van der Waals surface area (Å²) < 4.78 is 3.06. The molecular formula is C20H13N3O2S2. The Morgan fingerprint density at radius 3 is 2.78 bits per heavy atom. The first-order valence-corrected chi connectivity index (χ1v) is 10.1. The van der Waals surface area contributed by atoms with Crippen LogP contribution in [0.5, 0.6) is 0 Å². The molecule has 0 saturated heterocycles. The largest absolute Gasteiger partial charge is 0.346 e. The van der Waals surface area contributed by atoms with E-state index in [1.54, 1.807) is 12.3 Å². The Hall–Kier alpha value is -3.03. The molecule has 4 aromatic heterocycles. The molecule has 0 aliphatic carbocycles. The third-order valence-corrected chi connectivity index (χ3v) is 6.48. The number of hydrogen-bond donors (Lipinski definition) is 1. The predicted molar refractivity (Wildman–Crippen MR) is 110 cm³/mol. The number of thiazole rings is 1. The highest BCUT2D eigenvalue weighted by molar-refractivity contribution is 7.24. The Morgan fingerprint density at radius 1 is 1.07 bits per heavy atom. The molecule has 27 heavy (non-hydrogen) atoms. The molecule has 0 fully saturated rings. The van der Waals surface area contributed by atoms with Crippen molar-refractivity contribution in [3.05, 3.63) is 81.6 Å². The van der Waals surface area contributed by atoms with Gasteiger partial charge in [0.2, 0.25) is 5.43 Å². The zero-order chi connectivity index (χ0) is 18.4. The topological polar surface area (TPSA) is 63.5 Å². The number of benzene rings is 1. The predicted octanol–water partition coefficient (Wildman–Crippen LogP) is 4.05. The van der Waals surface area contributed by atoms with E-state index in [9.17, 15) is 9.59 Å². The molecule has 0 atom stereocenters. The standard InChI is InChI=1S/C20H13N3O2S2/c24-17-13-8-10-26-19(13)23-14-6-1-2-7-15(14)27-20(23)16(17)18(25)22-11-12-5-3-4-9-21-12/h1-10H,11H2,(H,22,25). The lowest BCUT2D eigenvalue weighted by molar-refractivity contribution is 0.0951. The van der Waals surface area contributed by atoms with Gasteiger partial charge < -0.3 is 5.32 Å². The molecule has 0 aliphatic heterocycles. The van der Waals surface area contributed by atoms with Gasteiger partial charge in [0.15, 0.2) is 0 Å². The van der Waals surface area contributed by atoms with E-state index in [4.69, 9.17) is 0 Å². The number of para-hydroxylation sites is 1. The SMILES string of the molecule is O=C(NCc1ccccn1)c1c(=O)c2ccsc2n2c1sc1ccccc12. The van der Waals surface area contributed by atoms with Crippen LogP contribution in [0.3, 0.4) is 0 Å². The van der Waals surface area contributed by atoms with Crippen molar-refractivity contribution in [1.82, 2.24) is 14.7 Å². The highest BCUT2D eigenvalue weighted by atomic mass is 32.1. The monoisotopic (exact) mass is 391 g/mol. The van der Waals surface area contributed by atoms with Crippen molar-refractivity contribution in [3.8, 4) is 0 Å². The second-order valence-corrected chi connectivity index (χ2v) is 7.98. The molecule has 1 amide bonds. The first-order valence-electron chi connectivity index (χ1n) is 8.35. The van der Waals surface area contributed by atoms with Gasteiger partial charge in [-0.25, -0.2) is 0 Å². The van der Waals surface area contributed by atoms with Gasteiger partial charge >= 0.3 is 0 Å². The van der Waals surface area contributed by atoms with Gasteiger partial charge in [-0.15, -0.1) is 22.7 Å². The summed E-state index contributed by atoms with van der Waals surface area (Å²) in [6, 6.07) is 15.3. The third-order valence-electron chi connectivity index (χ3n) is 4.43. The van der Waals surface area contributed by atoms with Crippen LogP contribution < -0.4 is 10.7 Å². The Bertz CT molecular complexity index is 1370. The van der Waals surface area contributed by atoms with Gasteiger partial charge in [0, 0.05) is 6.20 Å². The molecule has 0 unspecified atom stereocenters. The zero-order valence-corrected chi connectivity index (χ0v) is 15.6. The highest BCUT2D eigenvalue weighted by Gasteiger charge is 2.22. The van der Waals surface area contributed by atoms with E-state index in [1.165, 1.54) is 22.7 Å². The average molecular weight is 391 g/mol. The van der Waals surface area contributed by atoms with Crippen molar-refractivity contribution in [2.45, 2.75) is 6.54 Å². The van der Waals surface area contributed by atoms with Crippen molar-refractivity contribution >= 4 is 53.8 Å². The number of pyridine rings is 2. The highest BCUT2D eigenvalue weighted by Crippen LogP contribution is 2.32. The minimum Gasteiger partial charge on any atom is -0.346 e. The van der Waals surface area contributed by atoms with E-state index >= 15 is 0 Å². The van der Waals surface area contributed by atoms with E-state index in [0.717, 1.165) is 20.7 Å². The number of thiophene rings is 1. The molecule has 132 valence electrons. The van der Waals surface area contributed by atoms with Crippen LogP contribution in [-0.2, 0) is 6.54 Å². The molecule has 0 saturated carbocycles. The summed E-state index contributed by atoms with van der Waals surface area (Å²) in [4.78, 5) is 31.8. The Kier molecular flexibility index (Phi) is 3.77. The summed E-state index contributed by atoms with van der Waals surface area (Å²) in [5, 5.41) is 5.31. The summed E-state index contributed by atoms with van der Waals surface area (Å²) in [6.45, 7) is 0.276. The fourth-order valence-corrected chi connectivity index (χ4v) is 5.35. The van der Waals surface area contributed by atoms with Crippen molar-refractivity contribution in [2.75, 3.05) is 0 Å². The summed E-state index contributed by atoms with van der Waals surface area (Å²) in [6.07, 6.45) is 1.68. The number of amides is 1. The van der Waals surface area contributed by atoms with Gasteiger partial charge in [0.1, 0.15) is 15.2 Å². The minimum atomic E-state index is -0.372. The maximum absolute atomic E-state index is 13.1. The van der Waals surface area contributed by atoms with E-state index in [1.807, 2.05) is 52.2 Å². The summed E-state index contributed by atoms with van der Waals surface area (Å²) in [7, 11) is 0. The summed E-state index contributed by atoms with van der Waals surface area (Å²) >= 11 is 2.97. The minimum absolute atomic E-state index is 0.193. The van der Waals surface area contributed by atoms with Crippen LogP contribution in [0.4, 0.5) is 0 Å². The van der Waals surface area contributed by atoms with Crippen LogP contribution in [0.15, 0.2) is 64.9 Å². The van der Waals surface area contributed by atoms with Gasteiger partial charge in [-0.2, -0.15) is 0 Å². The number of carbonyl (C=O) groups is 1. The quantitative estimate of drug-likeness (QED) is 0.505. The molecule has 1 aromatic carbocycles. The van der Waals surface area contributed by atoms with Crippen molar-refractivity contribution in [1.29, 1.82) is 0 Å². The Balaban J connectivity index is 1.71. The van der Waals surface area contributed by atoms with Gasteiger partial charge in [-0.3, -0.25) is 19.0 Å². The van der Waals surface area contributed by atoms with Gasteiger partial charge in [0.05, 0.1) is 27.8 Å². The lowest BCUT2D eigenvalue weighted by Gasteiger charge is -2.07. The summed E-state index contributed by atoms with van der Waals surface area (Å²) in [5.41, 5.74) is 1.72. The first kappa shape index (κ1) is 16.2. The first-order chi connectivity index (χ1) is 13.2. The van der Waals surface area contributed by atoms with Crippen molar-refractivity contribution in [3.63, 3.8) is 0 Å². The van der Waals surface area contributed by atoms with Gasteiger partial charge in [-0.05, 0) is 35.7 Å². The summed E-state index contributed by atoms with van der Waals surface area (Å²) in [5.74, 6) is -0.372. The normalized spacial score (nSPS) is 11.4. The number of nitrogens with one attached hydrogen (secondary N) is 1. The number of nitrogens with zero attached hydrogens (tertiary/aromatic N) is 2. The molecule has 0 spiro atoms. The average Bonchev–Trinajstić information content (AvgIpc) is 3.31. The number of rotatable bonds is 3. The lowest BCUT2D eigenvalue weighted by Crippen LogP contribution is -2.29. The molecule has 5 aromatic rings. The molecular weight excluding hydrogens is 378 g/mol. The van der Waals surface area contributed by atoms with Crippen LogP contribution in [-0.4, -0.2) is 15.3 Å². The molecule has 5 rings (SSSR count). The molecule has 0 aliphatic rings. The van der Waals surface area contributed by atoms with E-state index in [0.29, 0.717) is 10.2 Å². The third kappa shape index (κ3) is 2.55. The van der Waals surface area contributed by atoms with Crippen molar-refractivity contribution < 1.29 is 4.79 Å². The number of carbonyl (C=O) groups excluding carboxylic acids is 1. The molecule has 0 bridgehead atoms. The second-order valence-electron chi connectivity index (χ2n) is 6.06. The Labute approximate surface area is 161 Å². The molecule has 7 heteroatoms. The van der Waals surface area contributed by atoms with Crippen LogP contribution in [0, 0.1) is 0 Å². The van der Waals surface area contributed by atoms with E-state index in [2.05, 4.69) is 10.3 Å². The second kappa shape index (κ2) is 6.29. The number of aromatic nitrogens is 2. The molecule has 5 nitrogen and oxygen atoms in total. The van der Waals surface area contributed by atoms with E-state index < -0.39 is 0 Å². The van der Waals surface area contributed by atoms with Crippen LogP contribution in [0.25, 0.3) is 25.3 Å². The van der Waals surface area contributed by atoms with E-state index in [-0.39, 0.29) is 23.4 Å². The number of fused-ring (bicyclic) bond motifs is 5. The Morgan fingerprint density at radius 2 is 1.93 bits per heavy atom. The zero-order valence-electron chi connectivity index (χ0n) is 14.0. The van der Waals surface area contributed by atoms with Crippen LogP contribution in [0.1, 0.15) is 16.1 Å². The smallest absolute Gasteiger partial charge is 0.258 e. The molecule has 4 heterocycles. The van der Waals surface area contributed by atoms with Gasteiger partial charge in [0.25, 0.3) is 5.91 Å². The van der Waals surface area contributed by atoms with Crippen LogP contribution in [0.2, 0.25) is 0 Å². The maximum Gasteiger partial charge on any atom is 0.258 e. The van der Waals surface area contributed by atoms with Gasteiger partial charge in [-0.1, -0.05) is 18.2 Å². The molecule has 0 radical (unpaired) electrons. The number of hydrogen-bond acceptors (Lipinski definition) is 5.